The molecule has 0 aliphatic heterocycles. The number of hydrogen-bond acceptors (Lipinski definition) is 4. The Bertz CT molecular complexity index is 841. The lowest BCUT2D eigenvalue weighted by molar-refractivity contribution is 0.199. The number of rotatable bonds is 6. The molecule has 0 fully saturated rings. The fourth-order valence-corrected chi connectivity index (χ4v) is 2.46. The highest BCUT2D eigenvalue weighted by Gasteiger charge is 2.06. The predicted octanol–water partition coefficient (Wildman–Crippen LogP) is 4.26. The van der Waals surface area contributed by atoms with Crippen LogP contribution in [0.4, 0.5) is 9.59 Å². The molecule has 2 amide bonds. The zero-order chi connectivity index (χ0) is 19.6. The Morgan fingerprint density at radius 2 is 1.04 bits per heavy atom. The average Bonchev–Trinajstić information content (AvgIpc) is 2.73. The Morgan fingerprint density at radius 3 is 1.46 bits per heavy atom. The lowest BCUT2D eigenvalue weighted by Gasteiger charge is -2.09. The number of carbonyl (C=O) groups is 2. The van der Waals surface area contributed by atoms with Gasteiger partial charge in [0.2, 0.25) is 0 Å². The van der Waals surface area contributed by atoms with Gasteiger partial charge in [0.1, 0.15) is 11.5 Å². The summed E-state index contributed by atoms with van der Waals surface area (Å²) in [6.45, 7) is 0.627. The van der Waals surface area contributed by atoms with E-state index < -0.39 is 12.2 Å². The van der Waals surface area contributed by atoms with Gasteiger partial charge in [-0.05, 0) is 35.4 Å². The van der Waals surface area contributed by atoms with Gasteiger partial charge in [0.15, 0.2) is 0 Å². The second kappa shape index (κ2) is 9.78. The second-order valence-electron chi connectivity index (χ2n) is 5.93. The Labute approximate surface area is 163 Å². The summed E-state index contributed by atoms with van der Waals surface area (Å²) in [6.07, 6.45) is -1.05. The quantitative estimate of drug-likeness (QED) is 0.674. The van der Waals surface area contributed by atoms with Crippen LogP contribution in [0, 0.1) is 0 Å². The number of para-hydroxylation sites is 2. The van der Waals surface area contributed by atoms with Gasteiger partial charge in [0, 0.05) is 13.1 Å². The fraction of sp³-hybridized carbons (Fsp3) is 0.0909. The van der Waals surface area contributed by atoms with Crippen molar-refractivity contribution in [1.82, 2.24) is 10.6 Å². The Kier molecular flexibility index (Phi) is 6.62. The molecule has 0 aliphatic rings. The molecule has 28 heavy (non-hydrogen) atoms. The van der Waals surface area contributed by atoms with Crippen molar-refractivity contribution in [3.63, 3.8) is 0 Å². The summed E-state index contributed by atoms with van der Waals surface area (Å²) in [4.78, 5) is 23.7. The van der Waals surface area contributed by atoms with E-state index in [1.807, 2.05) is 36.4 Å². The highest BCUT2D eigenvalue weighted by molar-refractivity contribution is 5.70. The van der Waals surface area contributed by atoms with Crippen LogP contribution in [-0.2, 0) is 13.1 Å². The van der Waals surface area contributed by atoms with E-state index in [1.165, 1.54) is 0 Å². The van der Waals surface area contributed by atoms with Gasteiger partial charge in [-0.1, -0.05) is 60.7 Å². The highest BCUT2D eigenvalue weighted by Crippen LogP contribution is 2.10. The molecule has 142 valence electrons. The van der Waals surface area contributed by atoms with Crippen LogP contribution in [0.25, 0.3) is 0 Å². The molecular weight excluding hydrogens is 356 g/mol. The first-order chi connectivity index (χ1) is 13.7. The molecule has 3 aromatic rings. The van der Waals surface area contributed by atoms with Gasteiger partial charge in [-0.3, -0.25) is 0 Å². The molecule has 0 aliphatic carbocycles. The van der Waals surface area contributed by atoms with Gasteiger partial charge >= 0.3 is 12.2 Å². The number of nitrogens with one attached hydrogen (secondary N) is 2. The van der Waals surface area contributed by atoms with Crippen molar-refractivity contribution < 1.29 is 19.1 Å². The third kappa shape index (κ3) is 6.17. The highest BCUT2D eigenvalue weighted by atomic mass is 16.6. The fourth-order valence-electron chi connectivity index (χ4n) is 2.46. The topological polar surface area (TPSA) is 76.7 Å². The van der Waals surface area contributed by atoms with Crippen molar-refractivity contribution in [2.24, 2.45) is 0 Å². The number of carbonyl (C=O) groups excluding carboxylic acids is 2. The molecule has 0 heterocycles. The van der Waals surface area contributed by atoms with Gasteiger partial charge in [0.25, 0.3) is 0 Å². The van der Waals surface area contributed by atoms with E-state index in [-0.39, 0.29) is 0 Å². The van der Waals surface area contributed by atoms with Crippen molar-refractivity contribution in [2.45, 2.75) is 13.1 Å². The molecule has 0 spiro atoms. The van der Waals surface area contributed by atoms with Crippen molar-refractivity contribution in [3.8, 4) is 11.5 Å². The van der Waals surface area contributed by atoms with Gasteiger partial charge in [-0.15, -0.1) is 0 Å². The van der Waals surface area contributed by atoms with Crippen molar-refractivity contribution >= 4 is 12.2 Å². The molecular formula is C22H20N2O4. The largest absolute Gasteiger partial charge is 0.412 e. The van der Waals surface area contributed by atoms with Crippen molar-refractivity contribution in [2.75, 3.05) is 0 Å². The maximum atomic E-state index is 11.9. The number of ether oxygens (including phenoxy) is 2. The zero-order valence-corrected chi connectivity index (χ0v) is 15.1. The zero-order valence-electron chi connectivity index (χ0n) is 15.1. The average molecular weight is 376 g/mol. The first-order valence-electron chi connectivity index (χ1n) is 8.78. The molecule has 0 atom stereocenters. The maximum absolute atomic E-state index is 11.9. The van der Waals surface area contributed by atoms with E-state index in [0.29, 0.717) is 24.6 Å². The molecule has 3 rings (SSSR count). The maximum Gasteiger partial charge on any atom is 0.412 e. The lowest BCUT2D eigenvalue weighted by atomic mass is 10.1. The van der Waals surface area contributed by atoms with Crippen LogP contribution in [0.15, 0.2) is 84.9 Å². The number of hydrogen-bond donors (Lipinski definition) is 2. The van der Waals surface area contributed by atoms with E-state index in [9.17, 15) is 9.59 Å². The summed E-state index contributed by atoms with van der Waals surface area (Å²) in [5, 5.41) is 5.40. The molecule has 3 aromatic carbocycles. The van der Waals surface area contributed by atoms with Crippen LogP contribution in [0.1, 0.15) is 11.1 Å². The molecule has 0 aromatic heterocycles. The van der Waals surface area contributed by atoms with E-state index in [4.69, 9.17) is 9.47 Å². The van der Waals surface area contributed by atoms with Gasteiger partial charge < -0.3 is 20.1 Å². The molecule has 6 nitrogen and oxygen atoms in total. The molecule has 0 saturated carbocycles. The van der Waals surface area contributed by atoms with E-state index in [0.717, 1.165) is 11.1 Å². The summed E-state index contributed by atoms with van der Waals surface area (Å²) in [6, 6.07) is 25.2. The second-order valence-corrected chi connectivity index (χ2v) is 5.93. The molecule has 0 unspecified atom stereocenters. The van der Waals surface area contributed by atoms with Crippen LogP contribution in [0.2, 0.25) is 0 Å². The smallest absolute Gasteiger partial charge is 0.410 e. The van der Waals surface area contributed by atoms with E-state index >= 15 is 0 Å². The number of amides is 2. The minimum atomic E-state index is -0.527. The Balaban J connectivity index is 1.45. The van der Waals surface area contributed by atoms with Crippen LogP contribution >= 0.6 is 0 Å². The molecule has 0 bridgehead atoms. The lowest BCUT2D eigenvalue weighted by Crippen LogP contribution is -2.27. The van der Waals surface area contributed by atoms with E-state index in [1.54, 1.807) is 48.5 Å². The SMILES string of the molecule is O=C(NCc1cccc(CNC(=O)Oc2ccccc2)c1)Oc1ccccc1. The number of benzene rings is 3. The summed E-state index contributed by atoms with van der Waals surface area (Å²) >= 11 is 0. The summed E-state index contributed by atoms with van der Waals surface area (Å²) in [7, 11) is 0. The predicted molar refractivity (Wildman–Crippen MR) is 105 cm³/mol. The first kappa shape index (κ1) is 19.0. The molecule has 2 N–H and O–H groups in total. The van der Waals surface area contributed by atoms with Gasteiger partial charge in [-0.25, -0.2) is 9.59 Å². The molecule has 6 heteroatoms. The summed E-state index contributed by atoms with van der Waals surface area (Å²) in [5.74, 6) is 0.963. The Morgan fingerprint density at radius 1 is 0.607 bits per heavy atom. The van der Waals surface area contributed by atoms with Gasteiger partial charge in [-0.2, -0.15) is 0 Å². The monoisotopic (exact) mass is 376 g/mol. The minimum Gasteiger partial charge on any atom is -0.410 e. The molecule has 0 saturated heterocycles. The summed E-state index contributed by atoms with van der Waals surface area (Å²) in [5.41, 5.74) is 1.78. The van der Waals surface area contributed by atoms with E-state index in [2.05, 4.69) is 10.6 Å². The van der Waals surface area contributed by atoms with Crippen LogP contribution < -0.4 is 20.1 Å². The first-order valence-corrected chi connectivity index (χ1v) is 8.78. The van der Waals surface area contributed by atoms with Crippen molar-refractivity contribution in [1.29, 1.82) is 0 Å². The minimum absolute atomic E-state index is 0.313. The Hall–Kier alpha value is -3.80. The third-order valence-electron chi connectivity index (χ3n) is 3.77. The van der Waals surface area contributed by atoms with Crippen molar-refractivity contribution in [3.05, 3.63) is 96.1 Å². The van der Waals surface area contributed by atoms with Gasteiger partial charge in [0.05, 0.1) is 0 Å². The molecule has 0 radical (unpaired) electrons. The van der Waals surface area contributed by atoms with Crippen LogP contribution in [0.3, 0.4) is 0 Å². The standard InChI is InChI=1S/C22H20N2O4/c25-21(27-19-10-3-1-4-11-19)23-15-17-8-7-9-18(14-17)16-24-22(26)28-20-12-5-2-6-13-20/h1-14H,15-16H2,(H,23,25)(H,24,26). The van der Waals surface area contributed by atoms with Crippen LogP contribution in [-0.4, -0.2) is 12.2 Å². The summed E-state index contributed by atoms with van der Waals surface area (Å²) < 4.78 is 10.4. The normalized spacial score (nSPS) is 10.0. The van der Waals surface area contributed by atoms with Crippen LogP contribution in [0.5, 0.6) is 11.5 Å². The third-order valence-corrected chi connectivity index (χ3v) is 3.77.